The quantitative estimate of drug-likeness (QED) is 0.405. The van der Waals surface area contributed by atoms with Crippen LogP contribution in [0, 0.1) is 0 Å². The Labute approximate surface area is 147 Å². The minimum atomic E-state index is -0.588. The van der Waals surface area contributed by atoms with Gasteiger partial charge >= 0.3 is 11.9 Å². The standard InChI is InChI=1S/C17H17NO6S/c1-2-15(20)23-10-11-24-16(21)9-5-8-14(19)18-17(22)12-6-3-4-7-13(12)25-18/h2-4,6-7H,1,5,8-11H2. The third-order valence-electron chi connectivity index (χ3n) is 3.25. The first-order chi connectivity index (χ1) is 12.0. The van der Waals surface area contributed by atoms with Gasteiger partial charge in [0.25, 0.3) is 5.56 Å². The van der Waals surface area contributed by atoms with E-state index in [4.69, 9.17) is 4.74 Å². The number of hydrogen-bond donors (Lipinski definition) is 0. The van der Waals surface area contributed by atoms with Gasteiger partial charge in [0.1, 0.15) is 13.2 Å². The van der Waals surface area contributed by atoms with Gasteiger partial charge < -0.3 is 9.47 Å². The molecule has 1 aromatic carbocycles. The number of carbonyl (C=O) groups excluding carboxylic acids is 3. The minimum Gasteiger partial charge on any atom is -0.462 e. The molecule has 0 N–H and O–H groups in total. The summed E-state index contributed by atoms with van der Waals surface area (Å²) in [5, 5.41) is 0.509. The van der Waals surface area contributed by atoms with Crippen molar-refractivity contribution in [2.75, 3.05) is 13.2 Å². The molecule has 8 heteroatoms. The lowest BCUT2D eigenvalue weighted by atomic mass is 10.2. The maximum atomic E-state index is 12.1. The predicted octanol–water partition coefficient (Wildman–Crippen LogP) is 2.15. The topological polar surface area (TPSA) is 91.7 Å². The highest BCUT2D eigenvalue weighted by atomic mass is 32.1. The van der Waals surface area contributed by atoms with E-state index in [2.05, 4.69) is 11.3 Å². The Balaban J connectivity index is 1.75. The molecule has 2 aromatic rings. The highest BCUT2D eigenvalue weighted by molar-refractivity contribution is 7.14. The average molecular weight is 363 g/mol. The first-order valence-electron chi connectivity index (χ1n) is 7.62. The normalized spacial score (nSPS) is 10.4. The fourth-order valence-corrected chi connectivity index (χ4v) is 3.01. The van der Waals surface area contributed by atoms with Crippen LogP contribution in [0.15, 0.2) is 41.7 Å². The van der Waals surface area contributed by atoms with E-state index in [0.29, 0.717) is 5.39 Å². The molecule has 0 unspecified atom stereocenters. The smallest absolute Gasteiger partial charge is 0.330 e. The number of ether oxygens (including phenoxy) is 2. The molecule has 0 spiro atoms. The van der Waals surface area contributed by atoms with Gasteiger partial charge in [0.2, 0.25) is 5.91 Å². The Morgan fingerprint density at radius 2 is 1.84 bits per heavy atom. The summed E-state index contributed by atoms with van der Waals surface area (Å²) in [6, 6.07) is 7.00. The van der Waals surface area contributed by atoms with E-state index < -0.39 is 11.9 Å². The summed E-state index contributed by atoms with van der Waals surface area (Å²) >= 11 is 1.09. The zero-order chi connectivity index (χ0) is 18.2. The van der Waals surface area contributed by atoms with Gasteiger partial charge in [0, 0.05) is 18.9 Å². The zero-order valence-corrected chi connectivity index (χ0v) is 14.3. The van der Waals surface area contributed by atoms with Crippen LogP contribution in [-0.4, -0.2) is 35.0 Å². The number of hydrogen-bond acceptors (Lipinski definition) is 7. The third-order valence-corrected chi connectivity index (χ3v) is 4.35. The molecule has 1 heterocycles. The summed E-state index contributed by atoms with van der Waals surface area (Å²) in [6.45, 7) is 3.14. The van der Waals surface area contributed by atoms with E-state index in [1.165, 1.54) is 0 Å². The largest absolute Gasteiger partial charge is 0.462 e. The van der Waals surface area contributed by atoms with Crippen molar-refractivity contribution in [2.45, 2.75) is 19.3 Å². The van der Waals surface area contributed by atoms with Crippen LogP contribution in [0.1, 0.15) is 24.1 Å². The van der Waals surface area contributed by atoms with Gasteiger partial charge in [0.15, 0.2) is 0 Å². The second-order valence-electron chi connectivity index (χ2n) is 5.03. The van der Waals surface area contributed by atoms with Gasteiger partial charge in [-0.1, -0.05) is 18.7 Å². The van der Waals surface area contributed by atoms with Crippen LogP contribution in [0.3, 0.4) is 0 Å². The summed E-state index contributed by atoms with van der Waals surface area (Å²) in [5.74, 6) is -1.43. The second kappa shape index (κ2) is 8.93. The van der Waals surface area contributed by atoms with E-state index in [1.54, 1.807) is 24.3 Å². The maximum Gasteiger partial charge on any atom is 0.330 e. The summed E-state index contributed by atoms with van der Waals surface area (Å²) in [5.41, 5.74) is -0.336. The lowest BCUT2D eigenvalue weighted by Crippen LogP contribution is -2.21. The Hall–Kier alpha value is -2.74. The van der Waals surface area contributed by atoms with Crippen molar-refractivity contribution < 1.29 is 23.9 Å². The van der Waals surface area contributed by atoms with Gasteiger partial charge in [-0.05, 0) is 30.1 Å². The average Bonchev–Trinajstić information content (AvgIpc) is 2.95. The summed E-state index contributed by atoms with van der Waals surface area (Å²) in [6.07, 6.45) is 1.39. The van der Waals surface area contributed by atoms with Crippen LogP contribution in [0.2, 0.25) is 0 Å². The monoisotopic (exact) mass is 363 g/mol. The van der Waals surface area contributed by atoms with Crippen LogP contribution in [0.4, 0.5) is 0 Å². The van der Waals surface area contributed by atoms with Crippen LogP contribution in [0.25, 0.3) is 10.1 Å². The predicted molar refractivity (Wildman–Crippen MR) is 92.7 cm³/mol. The zero-order valence-electron chi connectivity index (χ0n) is 13.4. The maximum absolute atomic E-state index is 12.1. The van der Waals surface area contributed by atoms with Gasteiger partial charge in [-0.15, -0.1) is 0 Å². The van der Waals surface area contributed by atoms with Crippen molar-refractivity contribution in [3.63, 3.8) is 0 Å². The number of fused-ring (bicyclic) bond motifs is 1. The lowest BCUT2D eigenvalue weighted by Gasteiger charge is -2.05. The Morgan fingerprint density at radius 3 is 2.56 bits per heavy atom. The minimum absolute atomic E-state index is 0.0425. The van der Waals surface area contributed by atoms with Crippen molar-refractivity contribution in [3.8, 4) is 0 Å². The first-order valence-corrected chi connectivity index (χ1v) is 8.39. The number of rotatable bonds is 8. The molecule has 0 aliphatic heterocycles. The van der Waals surface area contributed by atoms with E-state index in [0.717, 1.165) is 26.3 Å². The van der Waals surface area contributed by atoms with Crippen molar-refractivity contribution in [3.05, 3.63) is 47.3 Å². The van der Waals surface area contributed by atoms with Crippen LogP contribution >= 0.6 is 11.5 Å². The van der Waals surface area contributed by atoms with Crippen LogP contribution in [-0.2, 0) is 19.1 Å². The van der Waals surface area contributed by atoms with Crippen molar-refractivity contribution in [2.24, 2.45) is 0 Å². The second-order valence-corrected chi connectivity index (χ2v) is 6.01. The molecular weight excluding hydrogens is 346 g/mol. The Kier molecular flexibility index (Phi) is 6.64. The molecule has 132 valence electrons. The number of esters is 2. The fourth-order valence-electron chi connectivity index (χ4n) is 2.05. The van der Waals surface area contributed by atoms with E-state index in [1.807, 2.05) is 0 Å². The summed E-state index contributed by atoms with van der Waals surface area (Å²) in [4.78, 5) is 46.6. The number of benzene rings is 1. The SMILES string of the molecule is C=CC(=O)OCCOC(=O)CCCC(=O)n1sc2ccccc2c1=O. The van der Waals surface area contributed by atoms with Crippen molar-refractivity contribution in [1.29, 1.82) is 0 Å². The highest BCUT2D eigenvalue weighted by Gasteiger charge is 2.14. The molecule has 7 nitrogen and oxygen atoms in total. The van der Waals surface area contributed by atoms with Gasteiger partial charge in [-0.2, -0.15) is 3.96 Å². The fraction of sp³-hybridized carbons (Fsp3) is 0.294. The number of nitrogens with zero attached hydrogens (tertiary/aromatic N) is 1. The van der Waals surface area contributed by atoms with Crippen LogP contribution < -0.4 is 5.56 Å². The molecule has 0 atom stereocenters. The van der Waals surface area contributed by atoms with E-state index >= 15 is 0 Å². The van der Waals surface area contributed by atoms with Gasteiger partial charge in [-0.3, -0.25) is 14.4 Å². The first kappa shape index (κ1) is 18.6. The summed E-state index contributed by atoms with van der Waals surface area (Å²) in [7, 11) is 0. The summed E-state index contributed by atoms with van der Waals surface area (Å²) < 4.78 is 11.4. The molecule has 0 amide bonds. The molecule has 0 saturated heterocycles. The van der Waals surface area contributed by atoms with Gasteiger partial charge in [-0.25, -0.2) is 4.79 Å². The molecule has 2 rings (SSSR count). The molecule has 0 saturated carbocycles. The van der Waals surface area contributed by atoms with Crippen molar-refractivity contribution >= 4 is 39.5 Å². The van der Waals surface area contributed by atoms with E-state index in [9.17, 15) is 19.2 Å². The molecule has 1 aromatic heterocycles. The number of carbonyl (C=O) groups is 3. The molecule has 25 heavy (non-hydrogen) atoms. The molecular formula is C17H17NO6S. The highest BCUT2D eigenvalue weighted by Crippen LogP contribution is 2.16. The Morgan fingerprint density at radius 1 is 1.12 bits per heavy atom. The van der Waals surface area contributed by atoms with E-state index in [-0.39, 0.29) is 43.9 Å². The molecule has 0 aliphatic carbocycles. The molecule has 0 fully saturated rings. The third kappa shape index (κ3) is 5.12. The molecule has 0 aliphatic rings. The van der Waals surface area contributed by atoms with Crippen molar-refractivity contribution in [1.82, 2.24) is 3.96 Å². The van der Waals surface area contributed by atoms with Gasteiger partial charge in [0.05, 0.1) is 10.1 Å². The Bertz CT molecular complexity index is 850. The molecule has 0 radical (unpaired) electrons. The molecule has 0 bridgehead atoms. The number of aromatic nitrogens is 1. The van der Waals surface area contributed by atoms with Crippen LogP contribution in [0.5, 0.6) is 0 Å². The lowest BCUT2D eigenvalue weighted by molar-refractivity contribution is -0.149.